The molecule has 1 aliphatic carbocycles. The average molecular weight is 284 g/mol. The Hall–Kier alpha value is -1.45. The largest absolute Gasteiger partial charge is 0.376 e. The zero-order valence-electron chi connectivity index (χ0n) is 12.9. The third-order valence-corrected chi connectivity index (χ3v) is 4.88. The van der Waals surface area contributed by atoms with E-state index in [9.17, 15) is 0 Å². The molecule has 0 spiro atoms. The summed E-state index contributed by atoms with van der Waals surface area (Å²) in [6.07, 6.45) is 5.80. The number of pyridine rings is 1. The molecule has 0 amide bonds. The van der Waals surface area contributed by atoms with Crippen molar-refractivity contribution in [1.82, 2.24) is 4.98 Å². The Balaban J connectivity index is 1.96. The van der Waals surface area contributed by atoms with E-state index < -0.39 is 0 Å². The number of benzene rings is 1. The number of hydrogen-bond acceptors (Lipinski definition) is 3. The minimum Gasteiger partial charge on any atom is -0.376 e. The van der Waals surface area contributed by atoms with Crippen LogP contribution in [0.3, 0.4) is 0 Å². The fraction of sp³-hybridized carbons (Fsp3) is 0.500. The lowest BCUT2D eigenvalue weighted by molar-refractivity contribution is -0.0595. The molecule has 1 unspecified atom stereocenters. The molecule has 0 saturated heterocycles. The number of ether oxygens (including phenoxy) is 1. The fourth-order valence-electron chi connectivity index (χ4n) is 3.54. The van der Waals surface area contributed by atoms with E-state index in [0.717, 1.165) is 35.0 Å². The second-order valence-electron chi connectivity index (χ2n) is 6.21. The molecular weight excluding hydrogens is 260 g/mol. The van der Waals surface area contributed by atoms with Gasteiger partial charge in [0.15, 0.2) is 0 Å². The molecule has 0 aliphatic heterocycles. The third kappa shape index (κ3) is 2.68. The number of nitrogens with two attached hydrogens (primary N) is 1. The highest BCUT2D eigenvalue weighted by atomic mass is 16.5. The maximum Gasteiger partial charge on any atom is 0.0870 e. The highest BCUT2D eigenvalue weighted by molar-refractivity contribution is 5.79. The maximum absolute atomic E-state index is 6.59. The average Bonchev–Trinajstić information content (AvgIpc) is 2.54. The molecule has 1 atom stereocenters. The molecular formula is C18H24N2O. The van der Waals surface area contributed by atoms with Crippen LogP contribution >= 0.6 is 0 Å². The van der Waals surface area contributed by atoms with E-state index in [4.69, 9.17) is 10.5 Å². The van der Waals surface area contributed by atoms with Crippen LogP contribution in [0, 0.1) is 6.92 Å². The van der Waals surface area contributed by atoms with E-state index in [1.807, 2.05) is 13.0 Å². The number of methoxy groups -OCH3 is 1. The van der Waals surface area contributed by atoms with Gasteiger partial charge in [0.2, 0.25) is 0 Å². The van der Waals surface area contributed by atoms with Gasteiger partial charge in [-0.15, -0.1) is 0 Å². The summed E-state index contributed by atoms with van der Waals surface area (Å²) in [4.78, 5) is 4.55. The fourth-order valence-corrected chi connectivity index (χ4v) is 3.54. The Morgan fingerprint density at radius 1 is 1.14 bits per heavy atom. The summed E-state index contributed by atoms with van der Waals surface area (Å²) in [5.74, 6) is 0. The molecule has 3 heteroatoms. The second kappa shape index (κ2) is 5.74. The number of aromatic nitrogens is 1. The first-order valence-electron chi connectivity index (χ1n) is 7.83. The number of nitrogens with zero attached hydrogens (tertiary/aromatic N) is 1. The van der Waals surface area contributed by atoms with Gasteiger partial charge in [0.05, 0.1) is 17.2 Å². The lowest BCUT2D eigenvalue weighted by Gasteiger charge is -2.41. The van der Waals surface area contributed by atoms with Gasteiger partial charge >= 0.3 is 0 Å². The maximum atomic E-state index is 6.59. The van der Waals surface area contributed by atoms with Crippen molar-refractivity contribution in [3.05, 3.63) is 41.6 Å². The molecule has 1 saturated carbocycles. The Morgan fingerprint density at radius 2 is 1.90 bits per heavy atom. The summed E-state index contributed by atoms with van der Waals surface area (Å²) >= 11 is 0. The van der Waals surface area contributed by atoms with Gasteiger partial charge in [0.25, 0.3) is 0 Å². The first kappa shape index (κ1) is 14.5. The van der Waals surface area contributed by atoms with E-state index in [1.54, 1.807) is 7.11 Å². The van der Waals surface area contributed by atoms with Crippen LogP contribution in [0.4, 0.5) is 0 Å². The number of rotatable bonds is 3. The summed E-state index contributed by atoms with van der Waals surface area (Å²) in [6, 6.07) is 10.4. The molecule has 1 aromatic carbocycles. The number of fused-ring (bicyclic) bond motifs is 1. The number of aryl methyl sites for hydroxylation is 1. The van der Waals surface area contributed by atoms with Crippen LogP contribution in [-0.2, 0) is 4.74 Å². The van der Waals surface area contributed by atoms with Crippen molar-refractivity contribution in [2.45, 2.75) is 50.7 Å². The lowest BCUT2D eigenvalue weighted by atomic mass is 9.77. The summed E-state index contributed by atoms with van der Waals surface area (Å²) in [7, 11) is 1.80. The van der Waals surface area contributed by atoms with Gasteiger partial charge in [-0.1, -0.05) is 31.4 Å². The monoisotopic (exact) mass is 284 g/mol. The van der Waals surface area contributed by atoms with Crippen molar-refractivity contribution < 1.29 is 4.74 Å². The minimum absolute atomic E-state index is 0.0755. The van der Waals surface area contributed by atoms with Gasteiger partial charge in [-0.2, -0.15) is 0 Å². The van der Waals surface area contributed by atoms with Crippen LogP contribution in [0.2, 0.25) is 0 Å². The van der Waals surface area contributed by atoms with Crippen molar-refractivity contribution in [2.75, 3.05) is 7.11 Å². The van der Waals surface area contributed by atoms with Crippen molar-refractivity contribution in [1.29, 1.82) is 0 Å². The van der Waals surface area contributed by atoms with Crippen LogP contribution < -0.4 is 5.73 Å². The molecule has 0 radical (unpaired) electrons. The Bertz CT molecular complexity index is 632. The predicted molar refractivity (Wildman–Crippen MR) is 86.2 cm³/mol. The molecule has 2 aromatic rings. The van der Waals surface area contributed by atoms with E-state index in [0.29, 0.717) is 0 Å². The van der Waals surface area contributed by atoms with Gasteiger partial charge in [-0.05, 0) is 43.5 Å². The summed E-state index contributed by atoms with van der Waals surface area (Å²) < 4.78 is 5.89. The summed E-state index contributed by atoms with van der Waals surface area (Å²) in [5.41, 5.74) is 9.61. The van der Waals surface area contributed by atoms with Crippen LogP contribution in [-0.4, -0.2) is 17.7 Å². The Kier molecular flexibility index (Phi) is 3.96. The molecule has 3 rings (SSSR count). The summed E-state index contributed by atoms with van der Waals surface area (Å²) in [6.45, 7) is 2.01. The highest BCUT2D eigenvalue weighted by Crippen LogP contribution is 2.40. The van der Waals surface area contributed by atoms with E-state index in [-0.39, 0.29) is 11.6 Å². The normalized spacial score (nSPS) is 19.6. The van der Waals surface area contributed by atoms with Crippen molar-refractivity contribution >= 4 is 10.9 Å². The first-order valence-corrected chi connectivity index (χ1v) is 7.83. The second-order valence-corrected chi connectivity index (χ2v) is 6.21. The van der Waals surface area contributed by atoms with Crippen LogP contribution in [0.1, 0.15) is 49.4 Å². The highest BCUT2D eigenvalue weighted by Gasteiger charge is 2.38. The molecule has 3 nitrogen and oxygen atoms in total. The van der Waals surface area contributed by atoms with E-state index in [2.05, 4.69) is 29.2 Å². The topological polar surface area (TPSA) is 48.1 Å². The minimum atomic E-state index is -0.204. The van der Waals surface area contributed by atoms with Crippen molar-refractivity contribution in [3.63, 3.8) is 0 Å². The van der Waals surface area contributed by atoms with Crippen molar-refractivity contribution in [2.24, 2.45) is 5.73 Å². The quantitative estimate of drug-likeness (QED) is 0.930. The lowest BCUT2D eigenvalue weighted by Crippen LogP contribution is -2.44. The molecule has 1 fully saturated rings. The van der Waals surface area contributed by atoms with Gasteiger partial charge in [-0.25, -0.2) is 0 Å². The van der Waals surface area contributed by atoms with Crippen molar-refractivity contribution in [3.8, 4) is 0 Å². The first-order chi connectivity index (χ1) is 10.1. The van der Waals surface area contributed by atoms with E-state index >= 15 is 0 Å². The smallest absolute Gasteiger partial charge is 0.0870 e. The molecule has 1 aliphatic rings. The zero-order valence-corrected chi connectivity index (χ0v) is 12.9. The summed E-state index contributed by atoms with van der Waals surface area (Å²) in [5, 5.41) is 1.15. The van der Waals surface area contributed by atoms with Gasteiger partial charge < -0.3 is 10.5 Å². The standard InChI is InChI=1S/C18H24N2O/c1-13-6-7-14-12-15(8-9-16(14)20-13)17(19)18(21-2)10-4-3-5-11-18/h6-9,12,17H,3-5,10-11,19H2,1-2H3. The molecule has 21 heavy (non-hydrogen) atoms. The number of hydrogen-bond donors (Lipinski definition) is 1. The Morgan fingerprint density at radius 3 is 2.62 bits per heavy atom. The SMILES string of the molecule is COC1(C(N)c2ccc3nc(C)ccc3c2)CCCCC1. The van der Waals surface area contributed by atoms with Gasteiger partial charge in [0, 0.05) is 18.2 Å². The Labute approximate surface area is 126 Å². The van der Waals surface area contributed by atoms with Gasteiger partial charge in [-0.3, -0.25) is 4.98 Å². The molecule has 0 bridgehead atoms. The third-order valence-electron chi connectivity index (χ3n) is 4.88. The van der Waals surface area contributed by atoms with E-state index in [1.165, 1.54) is 19.3 Å². The van der Waals surface area contributed by atoms with Gasteiger partial charge in [0.1, 0.15) is 0 Å². The van der Waals surface area contributed by atoms with Crippen LogP contribution in [0.25, 0.3) is 10.9 Å². The zero-order chi connectivity index (χ0) is 14.9. The van der Waals surface area contributed by atoms with Crippen LogP contribution in [0.5, 0.6) is 0 Å². The predicted octanol–water partition coefficient (Wildman–Crippen LogP) is 3.89. The molecule has 1 heterocycles. The molecule has 112 valence electrons. The van der Waals surface area contributed by atoms with Crippen LogP contribution in [0.15, 0.2) is 30.3 Å². The molecule has 2 N–H and O–H groups in total. The molecule has 1 aromatic heterocycles.